The highest BCUT2D eigenvalue weighted by molar-refractivity contribution is 8.13. The summed E-state index contributed by atoms with van der Waals surface area (Å²) in [4.78, 5) is 10.8. The number of hydrogen-bond donors (Lipinski definition) is 3. The largest absolute Gasteiger partial charge is 0.416 e. The average Bonchev–Trinajstić information content (AvgIpc) is 2.33. The van der Waals surface area contributed by atoms with Gasteiger partial charge in [0.2, 0.25) is 0 Å². The molecule has 0 radical (unpaired) electrons. The van der Waals surface area contributed by atoms with E-state index < -0.39 is 29.5 Å². The van der Waals surface area contributed by atoms with E-state index in [9.17, 15) is 28.2 Å². The average molecular weight is 309 g/mol. The van der Waals surface area contributed by atoms with Crippen LogP contribution < -0.4 is 5.73 Å². The van der Waals surface area contributed by atoms with Crippen molar-refractivity contribution in [1.29, 1.82) is 0 Å². The molecule has 4 nitrogen and oxygen atoms in total. The Morgan fingerprint density at radius 3 is 2.50 bits per heavy atom. The quantitative estimate of drug-likeness (QED) is 0.741. The molecule has 0 saturated heterocycles. The molecule has 0 fully saturated rings. The summed E-state index contributed by atoms with van der Waals surface area (Å²) in [6.45, 7) is 1.25. The van der Waals surface area contributed by atoms with Crippen molar-refractivity contribution >= 4 is 22.6 Å². The van der Waals surface area contributed by atoms with Crippen molar-refractivity contribution in [3.63, 3.8) is 0 Å². The topological polar surface area (TPSA) is 83.5 Å². The molecule has 0 bridgehead atoms. The SMILES string of the molecule is CC(=O)SCC(O)C(O)c1c(N)cccc1C(F)(F)F. The zero-order chi connectivity index (χ0) is 15.5. The molecule has 0 amide bonds. The van der Waals surface area contributed by atoms with Crippen LogP contribution >= 0.6 is 11.8 Å². The smallest absolute Gasteiger partial charge is 0.398 e. The van der Waals surface area contributed by atoms with Crippen LogP contribution in [0.4, 0.5) is 18.9 Å². The minimum atomic E-state index is -4.70. The summed E-state index contributed by atoms with van der Waals surface area (Å²) in [5, 5.41) is 19.2. The lowest BCUT2D eigenvalue weighted by atomic mass is 9.97. The Labute approximate surface area is 117 Å². The van der Waals surface area contributed by atoms with Crippen molar-refractivity contribution in [2.75, 3.05) is 11.5 Å². The van der Waals surface area contributed by atoms with Crippen molar-refractivity contribution in [2.45, 2.75) is 25.3 Å². The number of aliphatic hydroxyl groups is 2. The molecule has 2 unspecified atom stereocenters. The fourth-order valence-corrected chi connectivity index (χ4v) is 2.23. The van der Waals surface area contributed by atoms with Gasteiger partial charge >= 0.3 is 6.18 Å². The van der Waals surface area contributed by atoms with Crippen molar-refractivity contribution in [2.24, 2.45) is 0 Å². The first kappa shape index (κ1) is 16.8. The summed E-state index contributed by atoms with van der Waals surface area (Å²) in [7, 11) is 0. The predicted octanol–water partition coefficient (Wildman–Crippen LogP) is 1.96. The van der Waals surface area contributed by atoms with Crippen LogP contribution in [0.1, 0.15) is 24.2 Å². The second kappa shape index (κ2) is 6.47. The summed E-state index contributed by atoms with van der Waals surface area (Å²) >= 11 is 0.711. The molecule has 1 rings (SSSR count). The molecule has 20 heavy (non-hydrogen) atoms. The van der Waals surface area contributed by atoms with Gasteiger partial charge in [-0.15, -0.1) is 0 Å². The molecular weight excluding hydrogens is 295 g/mol. The van der Waals surface area contributed by atoms with Gasteiger partial charge in [-0.25, -0.2) is 0 Å². The van der Waals surface area contributed by atoms with E-state index in [2.05, 4.69) is 0 Å². The second-order valence-electron chi connectivity index (χ2n) is 4.12. The first-order chi connectivity index (χ1) is 9.14. The van der Waals surface area contributed by atoms with Crippen molar-refractivity contribution in [1.82, 2.24) is 0 Å². The van der Waals surface area contributed by atoms with Crippen molar-refractivity contribution in [3.05, 3.63) is 29.3 Å². The number of benzene rings is 1. The standard InChI is InChI=1S/C12H14F3NO3S/c1-6(17)20-5-9(18)11(19)10-7(12(13,14)15)3-2-4-8(10)16/h2-4,9,11,18-19H,5,16H2,1H3. The zero-order valence-corrected chi connectivity index (χ0v) is 11.3. The van der Waals surface area contributed by atoms with Gasteiger partial charge in [0.15, 0.2) is 5.12 Å². The van der Waals surface area contributed by atoms with Crippen molar-refractivity contribution < 1.29 is 28.2 Å². The van der Waals surface area contributed by atoms with Crippen LogP contribution in [0.5, 0.6) is 0 Å². The number of hydrogen-bond acceptors (Lipinski definition) is 5. The van der Waals surface area contributed by atoms with E-state index >= 15 is 0 Å². The van der Waals surface area contributed by atoms with E-state index in [4.69, 9.17) is 5.73 Å². The Morgan fingerprint density at radius 2 is 2.00 bits per heavy atom. The number of carbonyl (C=O) groups excluding carboxylic acids is 1. The molecule has 4 N–H and O–H groups in total. The lowest BCUT2D eigenvalue weighted by Crippen LogP contribution is -2.25. The van der Waals surface area contributed by atoms with Crippen LogP contribution in [0.25, 0.3) is 0 Å². The molecule has 0 aliphatic heterocycles. The number of carbonyl (C=O) groups is 1. The van der Waals surface area contributed by atoms with E-state index in [0.717, 1.165) is 12.1 Å². The molecule has 0 aromatic heterocycles. The first-order valence-electron chi connectivity index (χ1n) is 5.59. The third-order valence-electron chi connectivity index (χ3n) is 2.56. The molecule has 0 saturated carbocycles. The minimum Gasteiger partial charge on any atom is -0.398 e. The van der Waals surface area contributed by atoms with Gasteiger partial charge in [-0.1, -0.05) is 17.8 Å². The van der Waals surface area contributed by atoms with Gasteiger partial charge in [-0.3, -0.25) is 4.79 Å². The number of alkyl halides is 3. The van der Waals surface area contributed by atoms with Crippen molar-refractivity contribution in [3.8, 4) is 0 Å². The summed E-state index contributed by atoms with van der Waals surface area (Å²) < 4.78 is 38.6. The highest BCUT2D eigenvalue weighted by atomic mass is 32.2. The number of anilines is 1. The highest BCUT2D eigenvalue weighted by Crippen LogP contribution is 2.38. The number of thioether (sulfide) groups is 1. The molecule has 0 heterocycles. The van der Waals surface area contributed by atoms with Gasteiger partial charge in [-0.05, 0) is 12.1 Å². The summed E-state index contributed by atoms with van der Waals surface area (Å²) in [5.74, 6) is -0.220. The maximum atomic E-state index is 12.9. The maximum absolute atomic E-state index is 12.9. The monoisotopic (exact) mass is 309 g/mol. The van der Waals surface area contributed by atoms with E-state index in [-0.39, 0.29) is 16.6 Å². The van der Waals surface area contributed by atoms with Crippen LogP contribution in [0.2, 0.25) is 0 Å². The Morgan fingerprint density at radius 1 is 1.40 bits per heavy atom. The molecule has 2 atom stereocenters. The normalized spacial score (nSPS) is 14.9. The fourth-order valence-electron chi connectivity index (χ4n) is 1.65. The molecule has 112 valence electrons. The molecular formula is C12H14F3NO3S. The molecule has 0 aliphatic carbocycles. The number of nitrogen functional groups attached to an aromatic ring is 1. The van der Waals surface area contributed by atoms with Gasteiger partial charge < -0.3 is 15.9 Å². The number of aliphatic hydroxyl groups excluding tert-OH is 2. The number of rotatable bonds is 4. The van der Waals surface area contributed by atoms with Gasteiger partial charge in [0.05, 0.1) is 11.7 Å². The Hall–Kier alpha value is -1.25. The lowest BCUT2D eigenvalue weighted by molar-refractivity contribution is -0.139. The molecule has 8 heteroatoms. The Balaban J connectivity index is 3.08. The van der Waals surface area contributed by atoms with Crippen LogP contribution in [0, 0.1) is 0 Å². The van der Waals surface area contributed by atoms with Gasteiger partial charge in [-0.2, -0.15) is 13.2 Å². The summed E-state index contributed by atoms with van der Waals surface area (Å²) in [6, 6.07) is 3.10. The number of halogens is 3. The van der Waals surface area contributed by atoms with Gasteiger partial charge in [0.25, 0.3) is 0 Å². The lowest BCUT2D eigenvalue weighted by Gasteiger charge is -2.23. The Bertz CT molecular complexity index is 493. The maximum Gasteiger partial charge on any atom is 0.416 e. The van der Waals surface area contributed by atoms with E-state index in [1.54, 1.807) is 0 Å². The number of nitrogens with two attached hydrogens (primary N) is 1. The van der Waals surface area contributed by atoms with Gasteiger partial charge in [0.1, 0.15) is 6.10 Å². The minimum absolute atomic E-state index is 0.220. The Kier molecular flexibility index (Phi) is 5.43. The molecule has 0 aliphatic rings. The fraction of sp³-hybridized carbons (Fsp3) is 0.417. The molecule has 0 spiro atoms. The van der Waals surface area contributed by atoms with Gasteiger partial charge in [0, 0.05) is 23.9 Å². The molecule has 1 aromatic carbocycles. The van der Waals surface area contributed by atoms with E-state index in [1.807, 2.05) is 0 Å². The van der Waals surface area contributed by atoms with Crippen LogP contribution in [-0.4, -0.2) is 27.2 Å². The first-order valence-corrected chi connectivity index (χ1v) is 6.58. The summed E-state index contributed by atoms with van der Waals surface area (Å²) in [6.07, 6.45) is -8.05. The highest BCUT2D eigenvalue weighted by Gasteiger charge is 2.37. The van der Waals surface area contributed by atoms with Crippen LogP contribution in [0.3, 0.4) is 0 Å². The van der Waals surface area contributed by atoms with E-state index in [1.165, 1.54) is 13.0 Å². The molecule has 1 aromatic rings. The third kappa shape index (κ3) is 4.12. The van der Waals surface area contributed by atoms with Crippen LogP contribution in [-0.2, 0) is 11.0 Å². The second-order valence-corrected chi connectivity index (χ2v) is 5.32. The third-order valence-corrected chi connectivity index (χ3v) is 3.48. The van der Waals surface area contributed by atoms with Crippen LogP contribution in [0.15, 0.2) is 18.2 Å². The van der Waals surface area contributed by atoms with E-state index in [0.29, 0.717) is 11.8 Å². The zero-order valence-electron chi connectivity index (χ0n) is 10.5. The predicted molar refractivity (Wildman–Crippen MR) is 70.0 cm³/mol. The summed E-state index contributed by atoms with van der Waals surface area (Å²) in [5.41, 5.74) is 3.53.